The molecule has 0 spiro atoms. The Balaban J connectivity index is 1.68. The van der Waals surface area contributed by atoms with Gasteiger partial charge in [0.05, 0.1) is 11.1 Å². The Morgan fingerprint density at radius 2 is 1.84 bits per heavy atom. The molecule has 1 saturated carbocycles. The maximum Gasteiger partial charge on any atom is 0.227 e. The summed E-state index contributed by atoms with van der Waals surface area (Å²) in [6.45, 7) is 7.33. The number of aliphatic hydroxyl groups is 1. The fourth-order valence-electron chi connectivity index (χ4n) is 4.17. The third kappa shape index (κ3) is 4.22. The standard InChI is InChI=1S/C25H30FN3O2/c1-24(2,16-9-6-5-7-10-16)15-21(30)27-23-28-22-19(26)13-17(25(3,4)31)14-20(22)29(23)18-11-8-12-18/h5-7,9-10,13-14,18,31H,8,11-12,15H2,1-4H3,(H,27,28,30). The van der Waals surface area contributed by atoms with Crippen molar-refractivity contribution < 1.29 is 14.3 Å². The van der Waals surface area contributed by atoms with Crippen LogP contribution in [-0.4, -0.2) is 20.6 Å². The van der Waals surface area contributed by atoms with Gasteiger partial charge in [0, 0.05) is 12.5 Å². The van der Waals surface area contributed by atoms with E-state index in [-0.39, 0.29) is 29.3 Å². The fourth-order valence-corrected chi connectivity index (χ4v) is 4.17. The molecule has 4 rings (SSSR count). The van der Waals surface area contributed by atoms with E-state index in [1.165, 1.54) is 6.07 Å². The first kappa shape index (κ1) is 21.5. The number of hydrogen-bond donors (Lipinski definition) is 2. The van der Waals surface area contributed by atoms with E-state index in [0.717, 1.165) is 24.8 Å². The molecule has 1 amide bonds. The maximum absolute atomic E-state index is 14.9. The zero-order chi connectivity index (χ0) is 22.4. The van der Waals surface area contributed by atoms with Crippen LogP contribution in [-0.2, 0) is 15.8 Å². The molecule has 1 fully saturated rings. The second-order valence-corrected chi connectivity index (χ2v) is 9.75. The quantitative estimate of drug-likeness (QED) is 0.555. The molecule has 1 aliphatic rings. The molecule has 31 heavy (non-hydrogen) atoms. The van der Waals surface area contributed by atoms with Crippen molar-refractivity contribution in [3.63, 3.8) is 0 Å². The second kappa shape index (κ2) is 7.75. The molecule has 0 unspecified atom stereocenters. The van der Waals surface area contributed by atoms with Crippen molar-refractivity contribution in [1.29, 1.82) is 0 Å². The van der Waals surface area contributed by atoms with Crippen LogP contribution in [0.4, 0.5) is 10.3 Å². The van der Waals surface area contributed by atoms with Gasteiger partial charge in [0.15, 0.2) is 5.82 Å². The minimum atomic E-state index is -1.17. The lowest BCUT2D eigenvalue weighted by Gasteiger charge is -2.30. The number of rotatable bonds is 6. The molecule has 0 atom stereocenters. The first-order valence-corrected chi connectivity index (χ1v) is 10.9. The lowest BCUT2D eigenvalue weighted by atomic mass is 9.81. The van der Waals surface area contributed by atoms with Gasteiger partial charge in [-0.15, -0.1) is 0 Å². The zero-order valence-electron chi connectivity index (χ0n) is 18.6. The molecule has 0 aliphatic heterocycles. The Labute approximate surface area is 182 Å². The van der Waals surface area contributed by atoms with Crippen LogP contribution in [0.2, 0.25) is 0 Å². The van der Waals surface area contributed by atoms with Crippen molar-refractivity contribution in [1.82, 2.24) is 9.55 Å². The van der Waals surface area contributed by atoms with Gasteiger partial charge >= 0.3 is 0 Å². The summed E-state index contributed by atoms with van der Waals surface area (Å²) >= 11 is 0. The van der Waals surface area contributed by atoms with Crippen molar-refractivity contribution in [2.24, 2.45) is 0 Å². The highest BCUT2D eigenvalue weighted by molar-refractivity contribution is 5.92. The number of nitrogens with one attached hydrogen (secondary N) is 1. The lowest BCUT2D eigenvalue weighted by Crippen LogP contribution is -2.28. The molecule has 2 N–H and O–H groups in total. The van der Waals surface area contributed by atoms with E-state index in [1.54, 1.807) is 19.9 Å². The van der Waals surface area contributed by atoms with Crippen LogP contribution in [0.1, 0.15) is 70.5 Å². The topological polar surface area (TPSA) is 67.2 Å². The lowest BCUT2D eigenvalue weighted by molar-refractivity contribution is -0.117. The molecular weight excluding hydrogens is 393 g/mol. The van der Waals surface area contributed by atoms with Crippen molar-refractivity contribution in [3.05, 3.63) is 59.4 Å². The molecule has 164 valence electrons. The third-order valence-corrected chi connectivity index (χ3v) is 6.30. The highest BCUT2D eigenvalue weighted by Gasteiger charge is 2.30. The Morgan fingerprint density at radius 3 is 2.42 bits per heavy atom. The number of aromatic nitrogens is 2. The van der Waals surface area contributed by atoms with Gasteiger partial charge in [-0.2, -0.15) is 0 Å². The average molecular weight is 424 g/mol. The molecule has 0 radical (unpaired) electrons. The molecule has 1 aromatic heterocycles. The third-order valence-electron chi connectivity index (χ3n) is 6.30. The molecule has 1 heterocycles. The minimum Gasteiger partial charge on any atom is -0.386 e. The summed E-state index contributed by atoms with van der Waals surface area (Å²) < 4.78 is 16.8. The number of halogens is 1. The molecule has 3 aromatic rings. The molecule has 0 bridgehead atoms. The number of nitrogens with zero attached hydrogens (tertiary/aromatic N) is 2. The normalized spacial score (nSPS) is 15.2. The SMILES string of the molecule is CC(C)(O)c1cc(F)c2nc(NC(=O)CC(C)(C)c3ccccc3)n(C3CCC3)c2c1. The highest BCUT2D eigenvalue weighted by atomic mass is 19.1. The van der Waals surface area contributed by atoms with Gasteiger partial charge < -0.3 is 9.67 Å². The molecule has 6 heteroatoms. The van der Waals surface area contributed by atoms with Crippen LogP contribution >= 0.6 is 0 Å². The van der Waals surface area contributed by atoms with Crippen molar-refractivity contribution in [2.45, 2.75) is 70.4 Å². The minimum absolute atomic E-state index is 0.159. The summed E-state index contributed by atoms with van der Waals surface area (Å²) in [7, 11) is 0. The molecule has 5 nitrogen and oxygen atoms in total. The van der Waals surface area contributed by atoms with Crippen LogP contribution in [0.15, 0.2) is 42.5 Å². The van der Waals surface area contributed by atoms with Gasteiger partial charge in [-0.05, 0) is 61.8 Å². The largest absolute Gasteiger partial charge is 0.386 e. The Kier molecular flexibility index (Phi) is 5.38. The number of carbonyl (C=O) groups is 1. The van der Waals surface area contributed by atoms with Gasteiger partial charge in [0.25, 0.3) is 0 Å². The smallest absolute Gasteiger partial charge is 0.227 e. The van der Waals surface area contributed by atoms with Crippen LogP contribution in [0, 0.1) is 5.82 Å². The monoisotopic (exact) mass is 423 g/mol. The Hall–Kier alpha value is -2.73. The van der Waals surface area contributed by atoms with Crippen LogP contribution in [0.25, 0.3) is 11.0 Å². The van der Waals surface area contributed by atoms with Crippen LogP contribution < -0.4 is 5.32 Å². The van der Waals surface area contributed by atoms with E-state index < -0.39 is 11.4 Å². The van der Waals surface area contributed by atoms with Crippen molar-refractivity contribution >= 4 is 22.9 Å². The van der Waals surface area contributed by atoms with E-state index >= 15 is 0 Å². The summed E-state index contributed by atoms with van der Waals surface area (Å²) in [5.41, 5.74) is 0.877. The summed E-state index contributed by atoms with van der Waals surface area (Å²) in [4.78, 5) is 17.4. The number of hydrogen-bond acceptors (Lipinski definition) is 3. The maximum atomic E-state index is 14.9. The number of anilines is 1. The Morgan fingerprint density at radius 1 is 1.16 bits per heavy atom. The fraction of sp³-hybridized carbons (Fsp3) is 0.440. The van der Waals surface area contributed by atoms with Crippen LogP contribution in [0.5, 0.6) is 0 Å². The summed E-state index contributed by atoms with van der Waals surface area (Å²) in [5, 5.41) is 13.3. The predicted octanol–water partition coefficient (Wildman–Crippen LogP) is 5.43. The first-order valence-electron chi connectivity index (χ1n) is 10.9. The summed E-state index contributed by atoms with van der Waals surface area (Å²) in [6.07, 6.45) is 3.28. The molecular formula is C25H30FN3O2. The second-order valence-electron chi connectivity index (χ2n) is 9.75. The first-order chi connectivity index (χ1) is 14.6. The molecule has 0 saturated heterocycles. The van der Waals surface area contributed by atoms with Gasteiger partial charge in [0.2, 0.25) is 11.9 Å². The van der Waals surface area contributed by atoms with Gasteiger partial charge in [-0.3, -0.25) is 10.1 Å². The van der Waals surface area contributed by atoms with E-state index in [9.17, 15) is 14.3 Å². The predicted molar refractivity (Wildman–Crippen MR) is 121 cm³/mol. The average Bonchev–Trinajstić information content (AvgIpc) is 2.98. The summed E-state index contributed by atoms with van der Waals surface area (Å²) in [6, 6.07) is 13.2. The van der Waals surface area contributed by atoms with Gasteiger partial charge in [-0.1, -0.05) is 44.2 Å². The number of benzene rings is 2. The van der Waals surface area contributed by atoms with Crippen LogP contribution in [0.3, 0.4) is 0 Å². The van der Waals surface area contributed by atoms with Gasteiger partial charge in [0.1, 0.15) is 5.52 Å². The van der Waals surface area contributed by atoms with E-state index in [1.807, 2.05) is 48.7 Å². The number of imidazole rings is 1. The zero-order valence-corrected chi connectivity index (χ0v) is 18.6. The highest BCUT2D eigenvalue weighted by Crippen LogP contribution is 2.39. The van der Waals surface area contributed by atoms with E-state index in [4.69, 9.17) is 0 Å². The molecule has 2 aromatic carbocycles. The van der Waals surface area contributed by atoms with Crippen molar-refractivity contribution in [2.75, 3.05) is 5.32 Å². The Bertz CT molecular complexity index is 1110. The van der Waals surface area contributed by atoms with Gasteiger partial charge in [-0.25, -0.2) is 9.37 Å². The van der Waals surface area contributed by atoms with E-state index in [2.05, 4.69) is 10.3 Å². The summed E-state index contributed by atoms with van der Waals surface area (Å²) in [5.74, 6) is -0.277. The number of carbonyl (C=O) groups excluding carboxylic acids is 1. The van der Waals surface area contributed by atoms with Crippen molar-refractivity contribution in [3.8, 4) is 0 Å². The number of fused-ring (bicyclic) bond motifs is 1. The molecule has 1 aliphatic carbocycles. The number of amides is 1. The van der Waals surface area contributed by atoms with E-state index in [0.29, 0.717) is 17.0 Å².